The Morgan fingerprint density at radius 3 is 2.50 bits per heavy atom. The van der Waals surface area contributed by atoms with Crippen LogP contribution in [0, 0.1) is 0 Å². The van der Waals surface area contributed by atoms with Crippen LogP contribution in [0.5, 0.6) is 0 Å². The highest BCUT2D eigenvalue weighted by Crippen LogP contribution is 2.36. The molecule has 4 nitrogen and oxygen atoms in total. The van der Waals surface area contributed by atoms with Crippen LogP contribution in [-0.4, -0.2) is 30.8 Å². The van der Waals surface area contributed by atoms with Gasteiger partial charge in [-0.05, 0) is 43.2 Å². The van der Waals surface area contributed by atoms with Gasteiger partial charge in [0.05, 0.1) is 30.1 Å². The highest BCUT2D eigenvalue weighted by atomic mass is 19.4. The molecule has 3 rings (SSSR count). The van der Waals surface area contributed by atoms with Gasteiger partial charge < -0.3 is 15.4 Å². The number of pyridine rings is 1. The number of hydrogen-bond acceptors (Lipinski definition) is 4. The van der Waals surface area contributed by atoms with Gasteiger partial charge in [-0.25, -0.2) is 4.98 Å². The Hall–Kier alpha value is -2.28. The first kappa shape index (κ1) is 18.5. The Morgan fingerprint density at radius 2 is 1.92 bits per heavy atom. The number of aromatic nitrogens is 1. The molecule has 2 heterocycles. The fourth-order valence-corrected chi connectivity index (χ4v) is 3.36. The summed E-state index contributed by atoms with van der Waals surface area (Å²) in [5.74, 6) is 0.931. The average Bonchev–Trinajstić information content (AvgIpc) is 3.04. The number of alkyl halides is 3. The lowest BCUT2D eigenvalue weighted by molar-refractivity contribution is -0.137. The highest BCUT2D eigenvalue weighted by Gasteiger charge is 2.35. The molecule has 1 aromatic carbocycles. The van der Waals surface area contributed by atoms with Crippen molar-refractivity contribution in [3.8, 4) is 0 Å². The first-order valence-electron chi connectivity index (χ1n) is 8.61. The summed E-state index contributed by atoms with van der Waals surface area (Å²) >= 11 is 0. The van der Waals surface area contributed by atoms with Gasteiger partial charge in [-0.15, -0.1) is 0 Å². The van der Waals surface area contributed by atoms with Crippen LogP contribution < -0.4 is 10.6 Å². The molecule has 1 aliphatic heterocycles. The van der Waals surface area contributed by atoms with Crippen molar-refractivity contribution in [2.24, 2.45) is 0 Å². The fourth-order valence-electron chi connectivity index (χ4n) is 3.36. The highest BCUT2D eigenvalue weighted by molar-refractivity contribution is 5.48. The number of hydrogen-bond donors (Lipinski definition) is 1. The van der Waals surface area contributed by atoms with Crippen molar-refractivity contribution in [1.82, 2.24) is 4.98 Å². The van der Waals surface area contributed by atoms with Gasteiger partial charge >= 0.3 is 6.18 Å². The monoisotopic (exact) mass is 365 g/mol. The van der Waals surface area contributed by atoms with Crippen LogP contribution in [0.3, 0.4) is 0 Å². The first-order valence-corrected chi connectivity index (χ1v) is 8.61. The minimum absolute atomic E-state index is 0.123. The number of halogens is 3. The number of ether oxygens (including phenoxy) is 1. The summed E-state index contributed by atoms with van der Waals surface area (Å²) in [5.41, 5.74) is 6.58. The maximum atomic E-state index is 12.8. The van der Waals surface area contributed by atoms with Crippen LogP contribution >= 0.6 is 0 Å². The Balaban J connectivity index is 1.80. The van der Waals surface area contributed by atoms with E-state index in [9.17, 15) is 13.2 Å². The van der Waals surface area contributed by atoms with E-state index in [4.69, 9.17) is 10.5 Å². The minimum atomic E-state index is -4.31. The average molecular weight is 365 g/mol. The maximum absolute atomic E-state index is 12.8. The molecule has 0 aliphatic carbocycles. The molecule has 26 heavy (non-hydrogen) atoms. The number of anilines is 2. The largest absolute Gasteiger partial charge is 0.416 e. The van der Waals surface area contributed by atoms with Crippen molar-refractivity contribution >= 4 is 11.5 Å². The van der Waals surface area contributed by atoms with Gasteiger partial charge in [-0.3, -0.25) is 0 Å². The molecule has 1 unspecified atom stereocenters. The van der Waals surface area contributed by atoms with Crippen LogP contribution in [0.4, 0.5) is 24.7 Å². The Morgan fingerprint density at radius 1 is 1.19 bits per heavy atom. The van der Waals surface area contributed by atoms with Crippen LogP contribution in [0.25, 0.3) is 0 Å². The third kappa shape index (κ3) is 4.09. The molecule has 0 bridgehead atoms. The van der Waals surface area contributed by atoms with E-state index in [1.165, 1.54) is 0 Å². The van der Waals surface area contributed by atoms with Crippen molar-refractivity contribution in [3.63, 3.8) is 0 Å². The molecule has 0 amide bonds. The van der Waals surface area contributed by atoms with Crippen LogP contribution in [0.2, 0.25) is 0 Å². The molecule has 1 fully saturated rings. The van der Waals surface area contributed by atoms with Gasteiger partial charge in [-0.2, -0.15) is 13.2 Å². The molecule has 1 aromatic heterocycles. The van der Waals surface area contributed by atoms with Gasteiger partial charge in [0.25, 0.3) is 0 Å². The van der Waals surface area contributed by atoms with E-state index < -0.39 is 11.7 Å². The predicted octanol–water partition coefficient (Wildman–Crippen LogP) is 4.08. The summed E-state index contributed by atoms with van der Waals surface area (Å²) in [6.45, 7) is 3.79. The van der Waals surface area contributed by atoms with Crippen molar-refractivity contribution in [2.45, 2.75) is 31.5 Å². The Kier molecular flexibility index (Phi) is 5.36. The second-order valence-electron chi connectivity index (χ2n) is 6.47. The summed E-state index contributed by atoms with van der Waals surface area (Å²) in [6.07, 6.45) is -1.90. The van der Waals surface area contributed by atoms with Crippen LogP contribution in [0.1, 0.15) is 30.4 Å². The lowest BCUT2D eigenvalue weighted by Crippen LogP contribution is -2.33. The third-order valence-corrected chi connectivity index (χ3v) is 4.70. The number of nitrogens with zero attached hydrogens (tertiary/aromatic N) is 2. The van der Waals surface area contributed by atoms with Crippen molar-refractivity contribution < 1.29 is 17.9 Å². The normalized spacial score (nSPS) is 20.5. The fraction of sp³-hybridized carbons (Fsp3) is 0.421. The smallest absolute Gasteiger partial charge is 0.397 e. The van der Waals surface area contributed by atoms with E-state index in [-0.39, 0.29) is 12.0 Å². The standard InChI is InChI=1S/C19H22F3N3O/c1-2-26-12-17-9-14(11-25(17)18-8-7-16(23)10-24-18)13-3-5-15(6-4-13)19(20,21)22/h3-8,10,14,17H,2,9,11-12,23H2,1H3/t14?,17-/m0/s1. The number of rotatable bonds is 5. The molecule has 2 N–H and O–H groups in total. The van der Waals surface area contributed by atoms with E-state index in [2.05, 4.69) is 9.88 Å². The lowest BCUT2D eigenvalue weighted by Gasteiger charge is -2.25. The molecule has 140 valence electrons. The molecule has 0 spiro atoms. The van der Waals surface area contributed by atoms with E-state index in [1.54, 1.807) is 24.4 Å². The first-order chi connectivity index (χ1) is 12.4. The van der Waals surface area contributed by atoms with Crippen molar-refractivity contribution in [2.75, 3.05) is 30.4 Å². The summed E-state index contributed by atoms with van der Waals surface area (Å²) < 4.78 is 43.9. The molecule has 0 radical (unpaired) electrons. The zero-order valence-corrected chi connectivity index (χ0v) is 14.5. The van der Waals surface area contributed by atoms with Gasteiger partial charge in [0.15, 0.2) is 0 Å². The van der Waals surface area contributed by atoms with E-state index in [1.807, 2.05) is 13.0 Å². The number of nitrogen functional groups attached to an aromatic ring is 1. The van der Waals surface area contributed by atoms with E-state index in [0.29, 0.717) is 25.4 Å². The van der Waals surface area contributed by atoms with Gasteiger partial charge in [0.2, 0.25) is 0 Å². The predicted molar refractivity (Wildman–Crippen MR) is 95.1 cm³/mol. The summed E-state index contributed by atoms with van der Waals surface area (Å²) in [6, 6.07) is 9.23. The second kappa shape index (κ2) is 7.53. The van der Waals surface area contributed by atoms with Crippen LogP contribution in [-0.2, 0) is 10.9 Å². The van der Waals surface area contributed by atoms with Gasteiger partial charge in [-0.1, -0.05) is 12.1 Å². The zero-order chi connectivity index (χ0) is 18.7. The Bertz CT molecular complexity index is 716. The summed E-state index contributed by atoms with van der Waals surface area (Å²) in [7, 11) is 0. The lowest BCUT2D eigenvalue weighted by atomic mass is 9.95. The third-order valence-electron chi connectivity index (χ3n) is 4.70. The zero-order valence-electron chi connectivity index (χ0n) is 14.5. The van der Waals surface area contributed by atoms with Crippen molar-refractivity contribution in [3.05, 3.63) is 53.7 Å². The molecular formula is C19H22F3N3O. The maximum Gasteiger partial charge on any atom is 0.416 e. The summed E-state index contributed by atoms with van der Waals surface area (Å²) in [5, 5.41) is 0. The second-order valence-corrected chi connectivity index (χ2v) is 6.47. The van der Waals surface area contributed by atoms with E-state index in [0.717, 1.165) is 29.9 Å². The molecule has 1 saturated heterocycles. The van der Waals surface area contributed by atoms with Crippen LogP contribution in [0.15, 0.2) is 42.6 Å². The molecule has 0 saturated carbocycles. The molecule has 2 aromatic rings. The number of nitrogens with two attached hydrogens (primary N) is 1. The minimum Gasteiger partial charge on any atom is -0.397 e. The number of benzene rings is 1. The Labute approximate surface area is 150 Å². The summed E-state index contributed by atoms with van der Waals surface area (Å²) in [4.78, 5) is 6.54. The molecule has 7 heteroatoms. The van der Waals surface area contributed by atoms with Gasteiger partial charge in [0, 0.05) is 19.1 Å². The topological polar surface area (TPSA) is 51.4 Å². The SMILES string of the molecule is CCOC[C@@H]1CC(c2ccc(C(F)(F)F)cc2)CN1c1ccc(N)cn1. The molecule has 1 aliphatic rings. The van der Waals surface area contributed by atoms with E-state index >= 15 is 0 Å². The van der Waals surface area contributed by atoms with Crippen molar-refractivity contribution in [1.29, 1.82) is 0 Å². The molecule has 2 atom stereocenters. The van der Waals surface area contributed by atoms with Gasteiger partial charge in [0.1, 0.15) is 5.82 Å². The molecular weight excluding hydrogens is 343 g/mol. The quantitative estimate of drug-likeness (QED) is 0.867.